The molecule has 2 heterocycles. The fraction of sp³-hybridized carbons (Fsp3) is 0.353. The molecule has 3 rings (SSSR count). The zero-order valence-electron chi connectivity index (χ0n) is 13.8. The van der Waals surface area contributed by atoms with Crippen LogP contribution in [0.5, 0.6) is 0 Å². The van der Waals surface area contributed by atoms with Crippen molar-refractivity contribution in [3.05, 3.63) is 46.7 Å². The molecule has 0 saturated carbocycles. The number of likely N-dealkylation sites (N-methyl/N-ethyl adjacent to an activating group) is 1. The summed E-state index contributed by atoms with van der Waals surface area (Å²) >= 11 is 6.03. The summed E-state index contributed by atoms with van der Waals surface area (Å²) in [4.78, 5) is 25.2. The quantitative estimate of drug-likeness (QED) is 0.926. The Kier molecular flexibility index (Phi) is 4.97. The van der Waals surface area contributed by atoms with E-state index in [-0.39, 0.29) is 5.91 Å². The molecule has 1 aromatic heterocycles. The first-order valence-electron chi connectivity index (χ1n) is 7.87. The Morgan fingerprint density at radius 3 is 2.71 bits per heavy atom. The maximum absolute atomic E-state index is 12.6. The maximum atomic E-state index is 12.6. The number of hydrogen-bond donors (Lipinski definition) is 1. The molecule has 1 aliphatic rings. The molecule has 1 aromatic carbocycles. The number of nitrogens with one attached hydrogen (secondary N) is 1. The van der Waals surface area contributed by atoms with Gasteiger partial charge in [-0.1, -0.05) is 17.7 Å². The lowest BCUT2D eigenvalue weighted by atomic mass is 10.2. The number of benzene rings is 1. The molecular formula is C17H20ClN5O. The fourth-order valence-electron chi connectivity index (χ4n) is 2.56. The standard InChI is InChI=1S/C17H20ClN5O/c1-12-3-4-13(18)11-15(12)21-17-19-6-5-14(20-17)16(24)23-9-7-22(2)8-10-23/h3-6,11H,7-10H2,1-2H3,(H,19,20,21). The van der Waals surface area contributed by atoms with Crippen molar-refractivity contribution in [2.45, 2.75) is 6.92 Å². The number of nitrogens with zero attached hydrogens (tertiary/aromatic N) is 4. The van der Waals surface area contributed by atoms with Gasteiger partial charge in [-0.25, -0.2) is 9.97 Å². The number of carbonyl (C=O) groups excluding carboxylic acids is 1. The number of halogens is 1. The van der Waals surface area contributed by atoms with Gasteiger partial charge in [0, 0.05) is 43.1 Å². The number of aromatic nitrogens is 2. The molecule has 24 heavy (non-hydrogen) atoms. The van der Waals surface area contributed by atoms with Crippen molar-refractivity contribution in [2.75, 3.05) is 38.5 Å². The monoisotopic (exact) mass is 345 g/mol. The molecule has 0 unspecified atom stereocenters. The van der Waals surface area contributed by atoms with Crippen LogP contribution in [0.15, 0.2) is 30.5 Å². The lowest BCUT2D eigenvalue weighted by Crippen LogP contribution is -2.47. The topological polar surface area (TPSA) is 61.4 Å². The van der Waals surface area contributed by atoms with Gasteiger partial charge in [0.1, 0.15) is 5.69 Å². The zero-order chi connectivity index (χ0) is 17.1. The average molecular weight is 346 g/mol. The van der Waals surface area contributed by atoms with Gasteiger partial charge in [0.2, 0.25) is 5.95 Å². The van der Waals surface area contributed by atoms with E-state index in [9.17, 15) is 4.79 Å². The smallest absolute Gasteiger partial charge is 0.272 e. The van der Waals surface area contributed by atoms with Crippen molar-refractivity contribution in [3.63, 3.8) is 0 Å². The first-order chi connectivity index (χ1) is 11.5. The van der Waals surface area contributed by atoms with Crippen molar-refractivity contribution < 1.29 is 4.79 Å². The first-order valence-corrected chi connectivity index (χ1v) is 8.25. The van der Waals surface area contributed by atoms with Crippen molar-refractivity contribution in [1.29, 1.82) is 0 Å². The van der Waals surface area contributed by atoms with Crippen LogP contribution in [0.1, 0.15) is 16.1 Å². The van der Waals surface area contributed by atoms with E-state index in [1.807, 2.05) is 30.0 Å². The minimum atomic E-state index is -0.0589. The Morgan fingerprint density at radius 1 is 1.21 bits per heavy atom. The summed E-state index contributed by atoms with van der Waals surface area (Å²) in [6.07, 6.45) is 1.60. The van der Waals surface area contributed by atoms with E-state index >= 15 is 0 Å². The maximum Gasteiger partial charge on any atom is 0.272 e. The Labute approximate surface area is 146 Å². The zero-order valence-corrected chi connectivity index (χ0v) is 14.5. The summed E-state index contributed by atoms with van der Waals surface area (Å²) in [5.74, 6) is 0.330. The molecule has 6 nitrogen and oxygen atoms in total. The van der Waals surface area contributed by atoms with Gasteiger partial charge in [-0.3, -0.25) is 4.79 Å². The third kappa shape index (κ3) is 3.83. The molecule has 0 radical (unpaired) electrons. The van der Waals surface area contributed by atoms with Crippen LogP contribution in [0.4, 0.5) is 11.6 Å². The van der Waals surface area contributed by atoms with E-state index in [1.54, 1.807) is 12.3 Å². The molecule has 7 heteroatoms. The van der Waals surface area contributed by atoms with E-state index in [0.717, 1.165) is 37.4 Å². The van der Waals surface area contributed by atoms with Gasteiger partial charge in [-0.05, 0) is 37.7 Å². The Bertz CT molecular complexity index is 744. The summed E-state index contributed by atoms with van der Waals surface area (Å²) < 4.78 is 0. The van der Waals surface area contributed by atoms with Crippen molar-refractivity contribution in [3.8, 4) is 0 Å². The van der Waals surface area contributed by atoms with Gasteiger partial charge >= 0.3 is 0 Å². The van der Waals surface area contributed by atoms with Crippen LogP contribution >= 0.6 is 11.6 Å². The van der Waals surface area contributed by atoms with Crippen molar-refractivity contribution in [1.82, 2.24) is 19.8 Å². The predicted molar refractivity (Wildman–Crippen MR) is 94.9 cm³/mol. The van der Waals surface area contributed by atoms with Gasteiger partial charge in [0.15, 0.2) is 0 Å². The molecular weight excluding hydrogens is 326 g/mol. The second-order valence-electron chi connectivity index (χ2n) is 5.95. The number of aryl methyl sites for hydroxylation is 1. The van der Waals surface area contributed by atoms with Crippen LogP contribution in [0.3, 0.4) is 0 Å². The lowest BCUT2D eigenvalue weighted by molar-refractivity contribution is 0.0658. The van der Waals surface area contributed by atoms with Crippen LogP contribution in [-0.4, -0.2) is 58.9 Å². The predicted octanol–water partition coefficient (Wildman–Crippen LogP) is 2.57. The minimum absolute atomic E-state index is 0.0589. The second kappa shape index (κ2) is 7.15. The van der Waals surface area contributed by atoms with Gasteiger partial charge in [0.05, 0.1) is 0 Å². The summed E-state index contributed by atoms with van der Waals surface area (Å²) in [5, 5.41) is 3.76. The van der Waals surface area contributed by atoms with Crippen LogP contribution in [0.25, 0.3) is 0 Å². The van der Waals surface area contributed by atoms with Crippen LogP contribution in [-0.2, 0) is 0 Å². The van der Waals surface area contributed by atoms with E-state index in [4.69, 9.17) is 11.6 Å². The van der Waals surface area contributed by atoms with Crippen molar-refractivity contribution >= 4 is 29.1 Å². The van der Waals surface area contributed by atoms with Crippen LogP contribution in [0, 0.1) is 6.92 Å². The largest absolute Gasteiger partial charge is 0.335 e. The highest BCUT2D eigenvalue weighted by Gasteiger charge is 2.21. The molecule has 1 amide bonds. The number of amides is 1. The SMILES string of the molecule is Cc1ccc(Cl)cc1Nc1nccc(C(=O)N2CCN(C)CC2)n1. The number of carbonyl (C=O) groups is 1. The number of rotatable bonds is 3. The molecule has 126 valence electrons. The molecule has 2 aromatic rings. The normalized spacial score (nSPS) is 15.4. The molecule has 0 bridgehead atoms. The van der Waals surface area contributed by atoms with Gasteiger partial charge in [-0.15, -0.1) is 0 Å². The fourth-order valence-corrected chi connectivity index (χ4v) is 2.73. The van der Waals surface area contributed by atoms with E-state index < -0.39 is 0 Å². The highest BCUT2D eigenvalue weighted by atomic mass is 35.5. The second-order valence-corrected chi connectivity index (χ2v) is 6.38. The lowest BCUT2D eigenvalue weighted by Gasteiger charge is -2.32. The number of piperazine rings is 1. The van der Waals surface area contributed by atoms with Crippen LogP contribution < -0.4 is 5.32 Å². The Morgan fingerprint density at radius 2 is 1.96 bits per heavy atom. The molecule has 0 aliphatic carbocycles. The molecule has 1 saturated heterocycles. The summed E-state index contributed by atoms with van der Waals surface area (Å²) in [7, 11) is 2.06. The van der Waals surface area contributed by atoms with E-state index in [1.165, 1.54) is 0 Å². The first kappa shape index (κ1) is 16.7. The van der Waals surface area contributed by atoms with Gasteiger partial charge in [0.25, 0.3) is 5.91 Å². The van der Waals surface area contributed by atoms with Crippen LogP contribution in [0.2, 0.25) is 5.02 Å². The third-order valence-corrected chi connectivity index (χ3v) is 4.35. The molecule has 0 spiro atoms. The minimum Gasteiger partial charge on any atom is -0.335 e. The van der Waals surface area contributed by atoms with Crippen molar-refractivity contribution in [2.24, 2.45) is 0 Å². The van der Waals surface area contributed by atoms with Gasteiger partial charge in [-0.2, -0.15) is 0 Å². The highest BCUT2D eigenvalue weighted by molar-refractivity contribution is 6.30. The summed E-state index contributed by atoms with van der Waals surface area (Å²) in [6, 6.07) is 7.21. The summed E-state index contributed by atoms with van der Waals surface area (Å²) in [6.45, 7) is 5.16. The molecule has 1 N–H and O–H groups in total. The molecule has 1 aliphatic heterocycles. The Balaban J connectivity index is 1.76. The Hall–Kier alpha value is -2.18. The average Bonchev–Trinajstić information content (AvgIpc) is 2.58. The highest BCUT2D eigenvalue weighted by Crippen LogP contribution is 2.22. The van der Waals surface area contributed by atoms with E-state index in [2.05, 4.69) is 27.2 Å². The summed E-state index contributed by atoms with van der Waals surface area (Å²) in [5.41, 5.74) is 2.25. The van der Waals surface area contributed by atoms with Gasteiger partial charge < -0.3 is 15.1 Å². The third-order valence-electron chi connectivity index (χ3n) is 4.11. The molecule has 0 atom stereocenters. The number of hydrogen-bond acceptors (Lipinski definition) is 5. The van der Waals surface area contributed by atoms with E-state index in [0.29, 0.717) is 16.7 Å². The number of anilines is 2. The molecule has 1 fully saturated rings.